The molecule has 0 bridgehead atoms. The fourth-order valence-corrected chi connectivity index (χ4v) is 8.18. The topological polar surface area (TPSA) is 256 Å². The average molecular weight is 896 g/mol. The molecule has 1 rings (SSSR count). The van der Waals surface area contributed by atoms with Crippen LogP contribution in [0.15, 0.2) is 0 Å². The van der Waals surface area contributed by atoms with E-state index in [2.05, 4.69) is 27.4 Å². The van der Waals surface area contributed by atoms with Crippen LogP contribution in [-0.4, -0.2) is 103 Å². The highest BCUT2D eigenvalue weighted by Crippen LogP contribution is 2.49. The van der Waals surface area contributed by atoms with Crippen LogP contribution in [0.4, 0.5) is 0 Å². The maximum absolute atomic E-state index is 13.3. The van der Waals surface area contributed by atoms with Crippen molar-refractivity contribution in [3.05, 3.63) is 0 Å². The van der Waals surface area contributed by atoms with Crippen molar-refractivity contribution in [2.75, 3.05) is 13.1 Å². The summed E-state index contributed by atoms with van der Waals surface area (Å²) in [4.78, 5) is 55.0. The summed E-state index contributed by atoms with van der Waals surface area (Å²) in [5.41, 5.74) is 0. The number of unbranched alkanes of at least 4 members (excludes halogenated alkanes) is 24. The molecule has 16 nitrogen and oxygen atoms in total. The number of hydrogen-bond donors (Lipinski definition) is 7. The first-order valence-corrected chi connectivity index (χ1v) is 25.1. The molecule has 0 aromatic heterocycles. The fourth-order valence-electron chi connectivity index (χ4n) is 6.82. The van der Waals surface area contributed by atoms with Gasteiger partial charge in [-0.25, -0.2) is 9.13 Å². The second kappa shape index (κ2) is 33.5. The highest BCUT2D eigenvalue weighted by atomic mass is 31.2. The Labute approximate surface area is 360 Å². The number of rotatable bonds is 38. The van der Waals surface area contributed by atoms with Crippen molar-refractivity contribution < 1.29 is 83.7 Å². The summed E-state index contributed by atoms with van der Waals surface area (Å²) < 4.78 is 90.7. The quantitative estimate of drug-likeness (QED) is 0.0177. The second-order valence-electron chi connectivity index (χ2n) is 15.6. The summed E-state index contributed by atoms with van der Waals surface area (Å²) in [7, 11) is -11.7. The van der Waals surface area contributed by atoms with E-state index < -0.39 is 89.8 Å². The number of carbonyl (C=O) groups excluding carboxylic acids is 2. The van der Waals surface area contributed by atoms with Crippen LogP contribution < -0.4 is 0 Å². The van der Waals surface area contributed by atoms with Gasteiger partial charge in [-0.05, 0) is 12.8 Å². The van der Waals surface area contributed by atoms with Gasteiger partial charge in [0.1, 0.15) is 43.2 Å². The van der Waals surface area contributed by atoms with Crippen molar-refractivity contribution in [1.29, 1.82) is 0 Å². The number of phosphoric ester groups is 2. The van der Waals surface area contributed by atoms with Crippen LogP contribution >= 0.6 is 15.6 Å². The van der Waals surface area contributed by atoms with Gasteiger partial charge in [0.05, 0.1) is 13.4 Å². The number of aliphatic hydroxyl groups is 4. The Morgan fingerprint density at radius 1 is 0.525 bits per heavy atom. The van der Waals surface area contributed by atoms with E-state index in [0.717, 1.165) is 64.2 Å². The van der Waals surface area contributed by atoms with Crippen LogP contribution in [0.1, 0.15) is 200 Å². The van der Waals surface area contributed by atoms with Gasteiger partial charge in [0.25, 0.3) is 0 Å². The maximum Gasteiger partial charge on any atom is 0.472 e. The molecular formula is C41H80O16P2. The molecule has 0 radical (unpaired) electrons. The molecule has 0 amide bonds. The summed E-state index contributed by atoms with van der Waals surface area (Å²) in [6.45, 7) is -3.79. The molecule has 0 aromatic rings. The lowest BCUT2D eigenvalue weighted by atomic mass is 9.85. The Kier molecular flexibility index (Phi) is 27.0. The average Bonchev–Trinajstić information content (AvgIpc) is 3.19. The molecule has 1 aliphatic rings. The first-order valence-electron chi connectivity index (χ1n) is 24.6. The highest BCUT2D eigenvalue weighted by Gasteiger charge is 2.54. The summed E-state index contributed by atoms with van der Waals surface area (Å²) in [6.07, 6.45) is 6.13. The Morgan fingerprint density at radius 3 is 1.27 bits per heavy atom. The molecule has 1 aliphatic carbocycles. The van der Waals surface area contributed by atoms with E-state index in [0.29, 0.717) is 12.8 Å². The molecular weight excluding hydrogens is 810 g/mol. The molecule has 0 saturated heterocycles. The van der Waals surface area contributed by atoms with Crippen molar-refractivity contribution in [2.24, 2.45) is 0 Å². The smallest absolute Gasteiger partial charge is 0.462 e. The van der Waals surface area contributed by atoms with E-state index in [1.807, 2.05) is 0 Å². The van der Waals surface area contributed by atoms with Crippen LogP contribution in [0.2, 0.25) is 0 Å². The monoisotopic (exact) mass is 896 g/mol. The number of ether oxygens (including phenoxy) is 2. The number of esters is 2. The maximum atomic E-state index is 13.3. The predicted molar refractivity (Wildman–Crippen MR) is 223 cm³/mol. The molecule has 18 heteroatoms. The summed E-state index contributed by atoms with van der Waals surface area (Å²) in [5, 5.41) is 41.4. The van der Waals surface area contributed by atoms with Crippen LogP contribution in [0.5, 0.6) is 0 Å². The zero-order valence-corrected chi connectivity index (χ0v) is 37.3. The first-order chi connectivity index (χ1) is 29.9. The van der Waals surface area contributed by atoms with Gasteiger partial charge >= 0.3 is 27.6 Å². The molecule has 59 heavy (non-hydrogen) atoms. The molecule has 7 N–H and O–H groups in total. The lowest BCUT2D eigenvalue weighted by Crippen LogP contribution is -2.64. The number of phosphoric acid groups is 2. The Morgan fingerprint density at radius 2 is 0.881 bits per heavy atom. The number of aliphatic hydroxyl groups excluding tert-OH is 4. The van der Waals surface area contributed by atoms with Gasteiger partial charge in [-0.15, -0.1) is 0 Å². The Balaban J connectivity index is 3.00. The minimum absolute atomic E-state index is 0.184. The van der Waals surface area contributed by atoms with Crippen LogP contribution in [-0.2, 0) is 41.8 Å². The van der Waals surface area contributed by atoms with Crippen molar-refractivity contribution in [1.82, 2.24) is 0 Å². The molecule has 6 unspecified atom stereocenters. The zero-order chi connectivity index (χ0) is 48.5. The van der Waals surface area contributed by atoms with Gasteiger partial charge in [-0.1, -0.05) is 168 Å². The molecule has 0 aliphatic heterocycles. The third-order valence-electron chi connectivity index (χ3n) is 10.3. The van der Waals surface area contributed by atoms with E-state index in [9.17, 15) is 53.8 Å². The third kappa shape index (κ3) is 28.3. The normalized spacial score (nSPS) is 24.8. The van der Waals surface area contributed by atoms with E-state index in [1.165, 1.54) is 77.0 Å². The second-order valence-corrected chi connectivity index (χ2v) is 18.1. The third-order valence-corrected chi connectivity index (χ3v) is 11.6. The van der Waals surface area contributed by atoms with Gasteiger partial charge in [0.2, 0.25) is 0 Å². The van der Waals surface area contributed by atoms with E-state index >= 15 is 0 Å². The summed E-state index contributed by atoms with van der Waals surface area (Å²) in [6, 6.07) is 0. The standard InChI is InChI=1S/C41H80O16P2/c1-3-5-7-9-11-13-15-17-19-21-23-25-27-29-34(42)53-31-33(55-35(43)30-28-26-24-22-20-18-16-14-12-10-8-6-4-2)32-54-59(51,52)57-41-38(46)36(44)37(45)40(39(41)47)56-58(48,49)50/h33,36-41,44-47H,3-32H2,1-2H3,(H,51,52)(H2,48,49,50)/t33?,36-,37?,38?,39?,40?,41-/m1/s1/i31D2,32D2,33D. The van der Waals surface area contributed by atoms with Crippen LogP contribution in [0, 0.1) is 0 Å². The molecule has 350 valence electrons. The minimum atomic E-state index is -6.18. The van der Waals surface area contributed by atoms with E-state index in [1.54, 1.807) is 0 Å². The molecule has 8 atom stereocenters. The Hall–Kier alpha value is -1.00. The zero-order valence-electron chi connectivity index (χ0n) is 40.5. The lowest BCUT2D eigenvalue weighted by molar-refractivity contribution is -0.216. The largest absolute Gasteiger partial charge is 0.472 e. The van der Waals surface area contributed by atoms with E-state index in [4.69, 9.17) is 16.3 Å². The predicted octanol–water partition coefficient (Wildman–Crippen LogP) is 7.84. The van der Waals surface area contributed by atoms with Gasteiger partial charge < -0.3 is 44.6 Å². The SMILES string of the molecule is [2H]C([2H])(OC(=O)CCCCCCCCCCCCCCC)C([2H])(OC(=O)CCCCCCCCCCCCCCC)C([2H])([2H])OP(=O)(O)O[C@H]1C(O)C(OP(=O)(O)O)C(O)[C@@H](O)C1O. The molecule has 0 heterocycles. The fraction of sp³-hybridized carbons (Fsp3) is 0.951. The van der Waals surface area contributed by atoms with Crippen molar-refractivity contribution in [3.63, 3.8) is 0 Å². The van der Waals surface area contributed by atoms with Gasteiger partial charge in [0.15, 0.2) is 6.08 Å². The van der Waals surface area contributed by atoms with Crippen molar-refractivity contribution in [2.45, 2.75) is 236 Å². The van der Waals surface area contributed by atoms with Crippen molar-refractivity contribution in [3.8, 4) is 0 Å². The highest BCUT2D eigenvalue weighted by molar-refractivity contribution is 7.47. The van der Waals surface area contributed by atoms with E-state index in [-0.39, 0.29) is 19.3 Å². The number of carbonyl (C=O) groups is 2. The van der Waals surface area contributed by atoms with Crippen LogP contribution in [0.3, 0.4) is 0 Å². The van der Waals surface area contributed by atoms with Crippen LogP contribution in [0.25, 0.3) is 0 Å². The van der Waals surface area contributed by atoms with Crippen molar-refractivity contribution >= 4 is 27.6 Å². The van der Waals surface area contributed by atoms with Gasteiger partial charge in [-0.3, -0.25) is 23.2 Å². The molecule has 1 fully saturated rings. The first kappa shape index (κ1) is 47.5. The van der Waals surface area contributed by atoms with Gasteiger partial charge in [0, 0.05) is 12.8 Å². The molecule has 0 aromatic carbocycles. The lowest BCUT2D eigenvalue weighted by Gasteiger charge is -2.43. The molecule has 0 spiro atoms. The molecule has 1 saturated carbocycles. The Bertz CT molecular complexity index is 1400. The minimum Gasteiger partial charge on any atom is -0.462 e. The summed E-state index contributed by atoms with van der Waals surface area (Å²) in [5.74, 6) is -2.59. The van der Waals surface area contributed by atoms with Gasteiger partial charge in [-0.2, -0.15) is 0 Å². The number of hydrogen-bond acceptors (Lipinski definition) is 13. The summed E-state index contributed by atoms with van der Waals surface area (Å²) >= 11 is 0.